The number of ether oxygens (including phenoxy) is 1. The summed E-state index contributed by atoms with van der Waals surface area (Å²) in [4.78, 5) is 2.82. The largest absolute Gasteiger partial charge is 0.380 e. The van der Waals surface area contributed by atoms with Crippen LogP contribution in [0.15, 0.2) is 0 Å². The molecule has 0 aromatic carbocycles. The lowest BCUT2D eigenvalue weighted by atomic mass is 9.84. The normalized spacial score (nSPS) is 24.9. The first-order valence-electron chi connectivity index (χ1n) is 8.89. The summed E-state index contributed by atoms with van der Waals surface area (Å²) in [6.45, 7) is 9.81. The van der Waals surface area contributed by atoms with Crippen LogP contribution in [0.2, 0.25) is 0 Å². The highest BCUT2D eigenvalue weighted by atomic mass is 16.5. The van der Waals surface area contributed by atoms with Crippen LogP contribution in [0.3, 0.4) is 0 Å². The van der Waals surface area contributed by atoms with E-state index in [1.54, 1.807) is 0 Å². The summed E-state index contributed by atoms with van der Waals surface area (Å²) >= 11 is 0. The van der Waals surface area contributed by atoms with Crippen molar-refractivity contribution < 1.29 is 4.74 Å². The molecule has 1 atom stereocenters. The molecule has 1 aliphatic heterocycles. The third-order valence-electron chi connectivity index (χ3n) is 5.23. The maximum absolute atomic E-state index is 5.83. The number of piperidine rings is 1. The molecule has 2 fully saturated rings. The van der Waals surface area contributed by atoms with E-state index in [0.717, 1.165) is 19.8 Å². The van der Waals surface area contributed by atoms with Gasteiger partial charge in [-0.3, -0.25) is 4.90 Å². The zero-order chi connectivity index (χ0) is 14.3. The van der Waals surface area contributed by atoms with Gasteiger partial charge in [0, 0.05) is 18.2 Å². The second-order valence-corrected chi connectivity index (χ2v) is 6.52. The molecule has 1 heterocycles. The van der Waals surface area contributed by atoms with E-state index < -0.39 is 0 Å². The quantitative estimate of drug-likeness (QED) is 0.740. The zero-order valence-corrected chi connectivity index (χ0v) is 13.6. The van der Waals surface area contributed by atoms with E-state index in [9.17, 15) is 0 Å². The third kappa shape index (κ3) is 3.75. The second-order valence-electron chi connectivity index (χ2n) is 6.52. The van der Waals surface area contributed by atoms with Gasteiger partial charge < -0.3 is 10.1 Å². The Balaban J connectivity index is 2.08. The predicted octanol–water partition coefficient (Wildman–Crippen LogP) is 3.19. The van der Waals surface area contributed by atoms with Crippen molar-refractivity contribution in [1.29, 1.82) is 0 Å². The van der Waals surface area contributed by atoms with Gasteiger partial charge in [0.25, 0.3) is 0 Å². The van der Waals surface area contributed by atoms with Gasteiger partial charge in [0.15, 0.2) is 0 Å². The van der Waals surface area contributed by atoms with Crippen molar-refractivity contribution in [3.63, 3.8) is 0 Å². The number of nitrogens with one attached hydrogen (secondary N) is 1. The Hall–Kier alpha value is -0.120. The van der Waals surface area contributed by atoms with E-state index in [4.69, 9.17) is 4.74 Å². The van der Waals surface area contributed by atoms with Crippen LogP contribution >= 0.6 is 0 Å². The molecule has 0 spiro atoms. The minimum Gasteiger partial charge on any atom is -0.380 e. The summed E-state index contributed by atoms with van der Waals surface area (Å²) in [5.41, 5.74) is 0.380. The van der Waals surface area contributed by atoms with Crippen LogP contribution in [-0.2, 0) is 4.74 Å². The van der Waals surface area contributed by atoms with Gasteiger partial charge in [-0.15, -0.1) is 0 Å². The van der Waals surface area contributed by atoms with Crippen molar-refractivity contribution in [3.8, 4) is 0 Å². The lowest BCUT2D eigenvalue weighted by Gasteiger charge is -2.48. The molecular formula is C17H34N2O. The number of rotatable bonds is 8. The molecule has 3 nitrogen and oxygen atoms in total. The fourth-order valence-electron chi connectivity index (χ4n) is 4.17. The molecule has 2 aliphatic rings. The van der Waals surface area contributed by atoms with Crippen LogP contribution in [0.4, 0.5) is 0 Å². The smallest absolute Gasteiger partial charge is 0.0637 e. The number of nitrogens with zero attached hydrogens (tertiary/aromatic N) is 1. The maximum Gasteiger partial charge on any atom is 0.0637 e. The standard InChI is InChI=1S/C17H34N2O/c1-3-12-18-16(15-20-4-2)17(10-6-7-11-17)19-13-8-5-9-14-19/h16,18H,3-15H2,1-2H3. The molecule has 1 saturated carbocycles. The van der Waals surface area contributed by atoms with Crippen molar-refractivity contribution in [2.75, 3.05) is 32.8 Å². The molecule has 0 amide bonds. The molecule has 0 radical (unpaired) electrons. The van der Waals surface area contributed by atoms with Crippen molar-refractivity contribution in [2.45, 2.75) is 76.8 Å². The average molecular weight is 282 g/mol. The molecular weight excluding hydrogens is 248 g/mol. The number of likely N-dealkylation sites (tertiary alicyclic amines) is 1. The summed E-state index contributed by atoms with van der Waals surface area (Å²) in [6, 6.07) is 0.517. The van der Waals surface area contributed by atoms with Gasteiger partial charge in [-0.25, -0.2) is 0 Å². The van der Waals surface area contributed by atoms with Gasteiger partial charge in [-0.1, -0.05) is 26.2 Å². The Labute approximate surface area is 125 Å². The minimum absolute atomic E-state index is 0.380. The van der Waals surface area contributed by atoms with Crippen LogP contribution in [0, 0.1) is 0 Å². The van der Waals surface area contributed by atoms with E-state index in [1.807, 2.05) is 0 Å². The molecule has 0 bridgehead atoms. The Bertz CT molecular complexity index is 250. The van der Waals surface area contributed by atoms with Crippen LogP contribution in [-0.4, -0.2) is 49.3 Å². The predicted molar refractivity (Wildman–Crippen MR) is 85.2 cm³/mol. The van der Waals surface area contributed by atoms with Gasteiger partial charge in [0.2, 0.25) is 0 Å². The summed E-state index contributed by atoms with van der Waals surface area (Å²) < 4.78 is 5.83. The van der Waals surface area contributed by atoms with Crippen LogP contribution in [0.25, 0.3) is 0 Å². The average Bonchev–Trinajstić information content (AvgIpc) is 2.99. The highest BCUT2D eigenvalue weighted by Gasteiger charge is 2.45. The highest BCUT2D eigenvalue weighted by molar-refractivity contribution is 5.04. The topological polar surface area (TPSA) is 24.5 Å². The van der Waals surface area contributed by atoms with Crippen molar-refractivity contribution in [1.82, 2.24) is 10.2 Å². The van der Waals surface area contributed by atoms with Gasteiger partial charge in [-0.2, -0.15) is 0 Å². The Morgan fingerprint density at radius 1 is 1.05 bits per heavy atom. The van der Waals surface area contributed by atoms with Gasteiger partial charge in [0.1, 0.15) is 0 Å². The van der Waals surface area contributed by atoms with Gasteiger partial charge in [-0.05, 0) is 58.7 Å². The first-order chi connectivity index (χ1) is 9.83. The van der Waals surface area contributed by atoms with E-state index in [1.165, 1.54) is 64.5 Å². The first-order valence-corrected chi connectivity index (χ1v) is 8.89. The molecule has 1 aliphatic carbocycles. The zero-order valence-electron chi connectivity index (χ0n) is 13.6. The Kier molecular flexibility index (Phi) is 6.79. The molecule has 118 valence electrons. The molecule has 0 aromatic rings. The van der Waals surface area contributed by atoms with Crippen LogP contribution < -0.4 is 5.32 Å². The molecule has 1 N–H and O–H groups in total. The van der Waals surface area contributed by atoms with Gasteiger partial charge >= 0.3 is 0 Å². The third-order valence-corrected chi connectivity index (χ3v) is 5.23. The van der Waals surface area contributed by atoms with Crippen molar-refractivity contribution in [3.05, 3.63) is 0 Å². The highest BCUT2D eigenvalue weighted by Crippen LogP contribution is 2.39. The maximum atomic E-state index is 5.83. The van der Waals surface area contributed by atoms with Crippen molar-refractivity contribution in [2.24, 2.45) is 0 Å². The summed E-state index contributed by atoms with van der Waals surface area (Å²) in [6.07, 6.45) is 10.9. The molecule has 20 heavy (non-hydrogen) atoms. The summed E-state index contributed by atoms with van der Waals surface area (Å²) in [5, 5.41) is 3.82. The van der Waals surface area contributed by atoms with E-state index in [0.29, 0.717) is 11.6 Å². The second kappa shape index (κ2) is 8.35. The van der Waals surface area contributed by atoms with E-state index >= 15 is 0 Å². The van der Waals surface area contributed by atoms with Gasteiger partial charge in [0.05, 0.1) is 6.61 Å². The summed E-state index contributed by atoms with van der Waals surface area (Å²) in [7, 11) is 0. The molecule has 1 unspecified atom stereocenters. The Morgan fingerprint density at radius 2 is 1.75 bits per heavy atom. The summed E-state index contributed by atoms with van der Waals surface area (Å²) in [5.74, 6) is 0. The first kappa shape index (κ1) is 16.3. The van der Waals surface area contributed by atoms with E-state index in [2.05, 4.69) is 24.1 Å². The molecule has 1 saturated heterocycles. The lowest BCUT2D eigenvalue weighted by Crippen LogP contribution is -2.62. The SMILES string of the molecule is CCCNC(COCC)C1(N2CCCCC2)CCCC1. The fourth-order valence-corrected chi connectivity index (χ4v) is 4.17. The van der Waals surface area contributed by atoms with Crippen LogP contribution in [0.1, 0.15) is 65.2 Å². The van der Waals surface area contributed by atoms with E-state index in [-0.39, 0.29) is 0 Å². The Morgan fingerprint density at radius 3 is 2.35 bits per heavy atom. The molecule has 2 rings (SSSR count). The number of hydrogen-bond donors (Lipinski definition) is 1. The monoisotopic (exact) mass is 282 g/mol. The minimum atomic E-state index is 0.380. The fraction of sp³-hybridized carbons (Fsp3) is 1.00. The van der Waals surface area contributed by atoms with Crippen molar-refractivity contribution >= 4 is 0 Å². The van der Waals surface area contributed by atoms with Crippen LogP contribution in [0.5, 0.6) is 0 Å². The lowest BCUT2D eigenvalue weighted by molar-refractivity contribution is 0.000298. The number of hydrogen-bond acceptors (Lipinski definition) is 3. The molecule has 0 aromatic heterocycles. The molecule has 3 heteroatoms.